The Morgan fingerprint density at radius 2 is 2.24 bits per heavy atom. The van der Waals surface area contributed by atoms with Gasteiger partial charge < -0.3 is 9.47 Å². The van der Waals surface area contributed by atoms with Crippen molar-refractivity contribution in [3.63, 3.8) is 0 Å². The summed E-state index contributed by atoms with van der Waals surface area (Å²) in [6, 6.07) is 5.71. The van der Waals surface area contributed by atoms with Crippen LogP contribution in [-0.2, 0) is 4.74 Å². The molecule has 1 spiro atoms. The van der Waals surface area contributed by atoms with E-state index in [4.69, 9.17) is 9.47 Å². The standard InChI is InChI=1S/C18H22O3/c1-12-8-14(13(2)19)4-5-16(12)20-11-17-9-15(17)10-21-18(17)6-3-7-18/h4-5,8,15H,3,6-7,9-11H2,1-2H3/t15-,17+/m0/s1. The second kappa shape index (κ2) is 4.33. The molecule has 2 atom stereocenters. The number of hydrogen-bond acceptors (Lipinski definition) is 3. The molecule has 1 aliphatic heterocycles. The summed E-state index contributed by atoms with van der Waals surface area (Å²) < 4.78 is 12.2. The van der Waals surface area contributed by atoms with Crippen molar-refractivity contribution in [2.75, 3.05) is 13.2 Å². The van der Waals surface area contributed by atoms with Crippen molar-refractivity contribution in [2.45, 2.75) is 45.1 Å². The summed E-state index contributed by atoms with van der Waals surface area (Å²) in [5.74, 6) is 1.71. The van der Waals surface area contributed by atoms with Gasteiger partial charge in [0, 0.05) is 11.0 Å². The minimum absolute atomic E-state index is 0.100. The van der Waals surface area contributed by atoms with Crippen LogP contribution < -0.4 is 4.74 Å². The van der Waals surface area contributed by atoms with Gasteiger partial charge in [0.25, 0.3) is 0 Å². The molecule has 0 amide bonds. The maximum atomic E-state index is 11.4. The quantitative estimate of drug-likeness (QED) is 0.794. The molecule has 2 aliphatic carbocycles. The Hall–Kier alpha value is -1.35. The van der Waals surface area contributed by atoms with Gasteiger partial charge in [0.15, 0.2) is 5.78 Å². The smallest absolute Gasteiger partial charge is 0.159 e. The number of carbonyl (C=O) groups excluding carboxylic acids is 1. The Morgan fingerprint density at radius 3 is 2.81 bits per heavy atom. The third-order valence-corrected chi connectivity index (χ3v) is 5.93. The molecule has 1 aromatic rings. The highest BCUT2D eigenvalue weighted by molar-refractivity contribution is 5.94. The van der Waals surface area contributed by atoms with Crippen LogP contribution in [0.2, 0.25) is 0 Å². The number of hydrogen-bond donors (Lipinski definition) is 0. The first-order chi connectivity index (χ1) is 10.1. The third-order valence-electron chi connectivity index (χ3n) is 5.93. The zero-order valence-corrected chi connectivity index (χ0v) is 12.8. The summed E-state index contributed by atoms with van der Waals surface area (Å²) >= 11 is 0. The minimum Gasteiger partial charge on any atom is -0.493 e. The molecule has 0 aromatic heterocycles. The van der Waals surface area contributed by atoms with E-state index in [1.807, 2.05) is 25.1 Å². The summed E-state index contributed by atoms with van der Waals surface area (Å²) in [7, 11) is 0. The molecule has 1 heterocycles. The highest BCUT2D eigenvalue weighted by atomic mass is 16.5. The van der Waals surface area contributed by atoms with Gasteiger partial charge in [-0.2, -0.15) is 0 Å². The van der Waals surface area contributed by atoms with Gasteiger partial charge in [0.05, 0.1) is 18.8 Å². The van der Waals surface area contributed by atoms with Crippen molar-refractivity contribution >= 4 is 5.78 Å². The zero-order valence-electron chi connectivity index (χ0n) is 12.8. The van der Waals surface area contributed by atoms with Gasteiger partial charge >= 0.3 is 0 Å². The Kier molecular flexibility index (Phi) is 2.74. The maximum Gasteiger partial charge on any atom is 0.159 e. The van der Waals surface area contributed by atoms with Crippen LogP contribution in [0.1, 0.15) is 48.5 Å². The van der Waals surface area contributed by atoms with Gasteiger partial charge in [-0.3, -0.25) is 4.79 Å². The number of ether oxygens (including phenoxy) is 2. The number of carbonyl (C=O) groups is 1. The molecule has 3 nitrogen and oxygen atoms in total. The highest BCUT2D eigenvalue weighted by Gasteiger charge is 2.73. The molecule has 1 aromatic carbocycles. The van der Waals surface area contributed by atoms with Crippen LogP contribution in [0.5, 0.6) is 5.75 Å². The van der Waals surface area contributed by atoms with Crippen molar-refractivity contribution in [3.05, 3.63) is 29.3 Å². The number of benzene rings is 1. The van der Waals surface area contributed by atoms with Gasteiger partial charge in [-0.05, 0) is 69.2 Å². The first-order valence-electron chi connectivity index (χ1n) is 7.95. The highest BCUT2D eigenvalue weighted by Crippen LogP contribution is 2.71. The van der Waals surface area contributed by atoms with Gasteiger partial charge in [-0.15, -0.1) is 0 Å². The Morgan fingerprint density at radius 1 is 1.43 bits per heavy atom. The van der Waals surface area contributed by atoms with E-state index >= 15 is 0 Å². The van der Waals surface area contributed by atoms with E-state index in [9.17, 15) is 4.79 Å². The number of fused-ring (bicyclic) bond motifs is 2. The second-order valence-electron chi connectivity index (χ2n) is 7.04. The number of rotatable bonds is 4. The number of aryl methyl sites for hydroxylation is 1. The average molecular weight is 286 g/mol. The molecule has 2 saturated carbocycles. The van der Waals surface area contributed by atoms with E-state index in [0.717, 1.165) is 30.1 Å². The normalized spacial score (nSPS) is 31.6. The Balaban J connectivity index is 1.49. The topological polar surface area (TPSA) is 35.5 Å². The Bertz CT molecular complexity index is 602. The van der Waals surface area contributed by atoms with Crippen molar-refractivity contribution in [3.8, 4) is 5.75 Å². The van der Waals surface area contributed by atoms with Crippen LogP contribution in [0.4, 0.5) is 0 Å². The van der Waals surface area contributed by atoms with Crippen LogP contribution >= 0.6 is 0 Å². The van der Waals surface area contributed by atoms with Crippen LogP contribution in [0.3, 0.4) is 0 Å². The summed E-state index contributed by atoms with van der Waals surface area (Å²) in [4.78, 5) is 11.4. The second-order valence-corrected chi connectivity index (χ2v) is 7.04. The predicted molar refractivity (Wildman–Crippen MR) is 79.8 cm³/mol. The number of Topliss-reactive ketones (excluding diaryl/α,β-unsaturated/α-hetero) is 1. The SMILES string of the molecule is CC(=O)c1ccc(OC[C@]23C[C@H]2COC32CCC2)c(C)c1. The van der Waals surface area contributed by atoms with Crippen LogP contribution in [0, 0.1) is 18.3 Å². The third kappa shape index (κ3) is 1.80. The molecule has 3 heteroatoms. The largest absolute Gasteiger partial charge is 0.493 e. The molecular formula is C18H22O3. The van der Waals surface area contributed by atoms with Crippen molar-refractivity contribution in [1.29, 1.82) is 0 Å². The van der Waals surface area contributed by atoms with E-state index in [1.54, 1.807) is 6.92 Å². The molecule has 3 fully saturated rings. The first kappa shape index (κ1) is 13.3. The summed E-state index contributed by atoms with van der Waals surface area (Å²) in [6.07, 6.45) is 4.96. The molecule has 3 aliphatic rings. The molecule has 0 unspecified atom stereocenters. The van der Waals surface area contributed by atoms with Crippen molar-refractivity contribution < 1.29 is 14.3 Å². The average Bonchev–Trinajstić information content (AvgIpc) is 3.02. The number of ketones is 1. The van der Waals surface area contributed by atoms with E-state index in [-0.39, 0.29) is 16.8 Å². The molecule has 0 radical (unpaired) electrons. The van der Waals surface area contributed by atoms with Gasteiger partial charge in [0.2, 0.25) is 0 Å². The van der Waals surface area contributed by atoms with Crippen LogP contribution in [0.25, 0.3) is 0 Å². The van der Waals surface area contributed by atoms with E-state index in [2.05, 4.69) is 0 Å². The van der Waals surface area contributed by atoms with E-state index in [0.29, 0.717) is 5.92 Å². The van der Waals surface area contributed by atoms with Gasteiger partial charge in [-0.25, -0.2) is 0 Å². The Labute approximate surface area is 125 Å². The molecular weight excluding hydrogens is 264 g/mol. The fraction of sp³-hybridized carbons (Fsp3) is 0.611. The van der Waals surface area contributed by atoms with Gasteiger partial charge in [0.1, 0.15) is 5.75 Å². The minimum atomic E-state index is 0.100. The lowest BCUT2D eigenvalue weighted by molar-refractivity contribution is -0.119. The lowest BCUT2D eigenvalue weighted by Crippen LogP contribution is -2.48. The van der Waals surface area contributed by atoms with Crippen molar-refractivity contribution in [2.24, 2.45) is 11.3 Å². The lowest BCUT2D eigenvalue weighted by Gasteiger charge is -2.45. The zero-order chi connectivity index (χ0) is 14.7. The monoisotopic (exact) mass is 286 g/mol. The summed E-state index contributed by atoms with van der Waals surface area (Å²) in [5, 5.41) is 0. The molecule has 0 bridgehead atoms. The lowest BCUT2D eigenvalue weighted by atomic mass is 9.69. The van der Waals surface area contributed by atoms with E-state index in [1.165, 1.54) is 25.7 Å². The van der Waals surface area contributed by atoms with Crippen molar-refractivity contribution in [1.82, 2.24) is 0 Å². The molecule has 21 heavy (non-hydrogen) atoms. The predicted octanol–water partition coefficient (Wildman–Crippen LogP) is 3.54. The molecule has 4 rings (SSSR count). The molecule has 112 valence electrons. The summed E-state index contributed by atoms with van der Waals surface area (Å²) in [6.45, 7) is 5.29. The van der Waals surface area contributed by atoms with Crippen LogP contribution in [-0.4, -0.2) is 24.6 Å². The van der Waals surface area contributed by atoms with Gasteiger partial charge in [-0.1, -0.05) is 0 Å². The molecule has 0 N–H and O–H groups in total. The van der Waals surface area contributed by atoms with Crippen LogP contribution in [0.15, 0.2) is 18.2 Å². The molecule has 1 saturated heterocycles. The maximum absolute atomic E-state index is 11.4. The first-order valence-corrected chi connectivity index (χ1v) is 7.95. The fourth-order valence-corrected chi connectivity index (χ4v) is 4.25. The van der Waals surface area contributed by atoms with E-state index < -0.39 is 0 Å². The fourth-order valence-electron chi connectivity index (χ4n) is 4.25. The summed E-state index contributed by atoms with van der Waals surface area (Å²) in [5.41, 5.74) is 2.20.